The second-order valence-corrected chi connectivity index (χ2v) is 7.21. The van der Waals surface area contributed by atoms with Gasteiger partial charge in [-0.1, -0.05) is 69.4 Å². The van der Waals surface area contributed by atoms with Gasteiger partial charge in [0, 0.05) is 12.0 Å². The van der Waals surface area contributed by atoms with Crippen molar-refractivity contribution in [2.45, 2.75) is 57.9 Å². The lowest BCUT2D eigenvalue weighted by atomic mass is 9.97. The number of benzene rings is 1. The Bertz CT molecular complexity index is 547. The fraction of sp³-hybridized carbons (Fsp3) is 0.579. The molecule has 0 spiro atoms. The van der Waals surface area contributed by atoms with Crippen LogP contribution in [0.15, 0.2) is 35.4 Å². The number of hydrazone groups is 1. The van der Waals surface area contributed by atoms with Crippen molar-refractivity contribution < 1.29 is 0 Å². The molecule has 3 nitrogen and oxygen atoms in total. The molecule has 4 heteroatoms. The van der Waals surface area contributed by atoms with Gasteiger partial charge in [0.15, 0.2) is 5.11 Å². The molecule has 0 bridgehead atoms. The van der Waals surface area contributed by atoms with Crippen LogP contribution in [0.3, 0.4) is 0 Å². The molecule has 1 atom stereocenters. The van der Waals surface area contributed by atoms with Crippen LogP contribution in [0.2, 0.25) is 0 Å². The Labute approximate surface area is 145 Å². The predicted octanol–water partition coefficient (Wildman–Crippen LogP) is 4.33. The average molecular weight is 330 g/mol. The van der Waals surface area contributed by atoms with Crippen molar-refractivity contribution in [1.29, 1.82) is 0 Å². The lowest BCUT2D eigenvalue weighted by Crippen LogP contribution is -2.42. The van der Waals surface area contributed by atoms with E-state index < -0.39 is 0 Å². The molecule has 1 N–H and O–H groups in total. The van der Waals surface area contributed by atoms with E-state index >= 15 is 0 Å². The molecule has 0 radical (unpaired) electrons. The summed E-state index contributed by atoms with van der Waals surface area (Å²) in [7, 11) is 0. The first-order valence-corrected chi connectivity index (χ1v) is 9.37. The molecule has 3 rings (SSSR count). The SMILES string of the molecule is CC1CN(C(=S)NC2CCCCCCC2)N=C1c1ccccc1. The molecule has 1 aromatic rings. The van der Waals surface area contributed by atoms with Crippen molar-refractivity contribution in [1.82, 2.24) is 10.3 Å². The minimum Gasteiger partial charge on any atom is -0.358 e. The van der Waals surface area contributed by atoms with E-state index in [4.69, 9.17) is 17.3 Å². The number of nitrogens with one attached hydrogen (secondary N) is 1. The quantitative estimate of drug-likeness (QED) is 0.818. The molecule has 0 saturated heterocycles. The van der Waals surface area contributed by atoms with Crippen LogP contribution in [-0.2, 0) is 0 Å². The molecule has 1 fully saturated rings. The monoisotopic (exact) mass is 329 g/mol. The van der Waals surface area contributed by atoms with Crippen molar-refractivity contribution in [3.63, 3.8) is 0 Å². The van der Waals surface area contributed by atoms with E-state index in [0.29, 0.717) is 12.0 Å². The van der Waals surface area contributed by atoms with Gasteiger partial charge in [0.05, 0.1) is 12.3 Å². The van der Waals surface area contributed by atoms with E-state index in [-0.39, 0.29) is 0 Å². The van der Waals surface area contributed by atoms with Crippen molar-refractivity contribution in [2.75, 3.05) is 6.54 Å². The summed E-state index contributed by atoms with van der Waals surface area (Å²) in [6.07, 6.45) is 9.22. The van der Waals surface area contributed by atoms with E-state index in [1.165, 1.54) is 50.5 Å². The van der Waals surface area contributed by atoms with E-state index in [1.807, 2.05) is 11.1 Å². The van der Waals surface area contributed by atoms with Crippen molar-refractivity contribution in [3.8, 4) is 0 Å². The van der Waals surface area contributed by atoms with Gasteiger partial charge in [0.2, 0.25) is 0 Å². The Morgan fingerprint density at radius 2 is 1.74 bits per heavy atom. The van der Waals surface area contributed by atoms with Gasteiger partial charge in [0.1, 0.15) is 0 Å². The smallest absolute Gasteiger partial charge is 0.189 e. The Balaban J connectivity index is 1.62. The predicted molar refractivity (Wildman–Crippen MR) is 101 cm³/mol. The Morgan fingerprint density at radius 3 is 2.43 bits per heavy atom. The van der Waals surface area contributed by atoms with Crippen LogP contribution in [0.1, 0.15) is 57.4 Å². The van der Waals surface area contributed by atoms with E-state index in [2.05, 4.69) is 36.5 Å². The molecule has 2 aliphatic rings. The van der Waals surface area contributed by atoms with Gasteiger partial charge in [-0.2, -0.15) is 5.10 Å². The highest BCUT2D eigenvalue weighted by Gasteiger charge is 2.27. The summed E-state index contributed by atoms with van der Waals surface area (Å²) in [5.74, 6) is 0.412. The van der Waals surface area contributed by atoms with E-state index in [0.717, 1.165) is 17.4 Å². The highest BCUT2D eigenvalue weighted by molar-refractivity contribution is 7.80. The maximum absolute atomic E-state index is 5.64. The van der Waals surface area contributed by atoms with Gasteiger partial charge < -0.3 is 5.32 Å². The lowest BCUT2D eigenvalue weighted by Gasteiger charge is -2.25. The molecule has 0 aromatic heterocycles. The van der Waals surface area contributed by atoms with E-state index in [1.54, 1.807) is 0 Å². The summed E-state index contributed by atoms with van der Waals surface area (Å²) >= 11 is 5.64. The molecule has 0 amide bonds. The van der Waals surface area contributed by atoms with Crippen LogP contribution < -0.4 is 5.32 Å². The number of hydrogen-bond donors (Lipinski definition) is 1. The zero-order valence-corrected chi connectivity index (χ0v) is 14.8. The molecule has 124 valence electrons. The maximum Gasteiger partial charge on any atom is 0.189 e. The third kappa shape index (κ3) is 4.31. The topological polar surface area (TPSA) is 27.6 Å². The molecular formula is C19H27N3S. The molecule has 1 unspecified atom stereocenters. The number of hydrogen-bond acceptors (Lipinski definition) is 2. The van der Waals surface area contributed by atoms with Gasteiger partial charge in [-0.3, -0.25) is 0 Å². The summed E-state index contributed by atoms with van der Waals surface area (Å²) in [6, 6.07) is 11.0. The molecule has 1 saturated carbocycles. The third-order valence-electron chi connectivity index (χ3n) is 4.88. The minimum absolute atomic E-state index is 0.412. The van der Waals surface area contributed by atoms with Gasteiger partial charge in [-0.25, -0.2) is 5.01 Å². The highest BCUT2D eigenvalue weighted by atomic mass is 32.1. The van der Waals surface area contributed by atoms with Crippen LogP contribution in [-0.4, -0.2) is 28.4 Å². The van der Waals surface area contributed by atoms with Crippen LogP contribution in [0.5, 0.6) is 0 Å². The zero-order chi connectivity index (χ0) is 16.1. The van der Waals surface area contributed by atoms with Crippen LogP contribution in [0.4, 0.5) is 0 Å². The summed E-state index contributed by atoms with van der Waals surface area (Å²) in [5.41, 5.74) is 2.35. The summed E-state index contributed by atoms with van der Waals surface area (Å²) in [4.78, 5) is 0. The summed E-state index contributed by atoms with van der Waals surface area (Å²) in [5, 5.41) is 11.2. The maximum atomic E-state index is 5.64. The first-order chi connectivity index (χ1) is 11.2. The number of thiocarbonyl (C=S) groups is 1. The highest BCUT2D eigenvalue weighted by Crippen LogP contribution is 2.21. The fourth-order valence-corrected chi connectivity index (χ4v) is 3.83. The third-order valence-corrected chi connectivity index (χ3v) is 5.21. The largest absolute Gasteiger partial charge is 0.358 e. The first-order valence-electron chi connectivity index (χ1n) is 8.96. The van der Waals surface area contributed by atoms with Crippen LogP contribution in [0, 0.1) is 5.92 Å². The zero-order valence-electron chi connectivity index (χ0n) is 14.0. The molecule has 23 heavy (non-hydrogen) atoms. The number of nitrogens with zero attached hydrogens (tertiary/aromatic N) is 2. The standard InChI is InChI=1S/C19H27N3S/c1-15-14-22(21-18(15)16-10-6-5-7-11-16)19(23)20-17-12-8-3-2-4-9-13-17/h5-7,10-11,15,17H,2-4,8-9,12-14H2,1H3,(H,20,23). The Hall–Kier alpha value is -1.42. The molecule has 1 aliphatic carbocycles. The second kappa shape index (κ2) is 7.91. The first kappa shape index (κ1) is 16.4. The van der Waals surface area contributed by atoms with Crippen LogP contribution in [0.25, 0.3) is 0 Å². The van der Waals surface area contributed by atoms with Gasteiger partial charge in [-0.15, -0.1) is 0 Å². The van der Waals surface area contributed by atoms with Gasteiger partial charge in [0.25, 0.3) is 0 Å². The number of rotatable bonds is 2. The van der Waals surface area contributed by atoms with Crippen molar-refractivity contribution in [2.24, 2.45) is 11.0 Å². The molecule has 1 heterocycles. The lowest BCUT2D eigenvalue weighted by molar-refractivity contribution is 0.395. The Kier molecular flexibility index (Phi) is 5.65. The molecule has 1 aromatic carbocycles. The van der Waals surface area contributed by atoms with Gasteiger partial charge in [-0.05, 0) is 30.6 Å². The Morgan fingerprint density at radius 1 is 1.09 bits per heavy atom. The van der Waals surface area contributed by atoms with Crippen molar-refractivity contribution in [3.05, 3.63) is 35.9 Å². The van der Waals surface area contributed by atoms with E-state index in [9.17, 15) is 0 Å². The average Bonchev–Trinajstić information content (AvgIpc) is 2.93. The van der Waals surface area contributed by atoms with Crippen LogP contribution >= 0.6 is 12.2 Å². The summed E-state index contributed by atoms with van der Waals surface area (Å²) in [6.45, 7) is 3.10. The fourth-order valence-electron chi connectivity index (χ4n) is 3.54. The summed E-state index contributed by atoms with van der Waals surface area (Å²) < 4.78 is 0. The molecule has 1 aliphatic heterocycles. The van der Waals surface area contributed by atoms with Gasteiger partial charge >= 0.3 is 0 Å². The minimum atomic E-state index is 0.412. The molecular weight excluding hydrogens is 302 g/mol. The van der Waals surface area contributed by atoms with Crippen molar-refractivity contribution >= 4 is 23.0 Å². The normalized spacial score (nSPS) is 23.1. The second-order valence-electron chi connectivity index (χ2n) is 6.83.